The van der Waals surface area contributed by atoms with Gasteiger partial charge in [-0.1, -0.05) is 0 Å². The molecule has 0 aromatic rings. The van der Waals surface area contributed by atoms with Crippen molar-refractivity contribution in [2.45, 2.75) is 44.1 Å². The lowest BCUT2D eigenvalue weighted by Crippen LogP contribution is -2.53. The molecule has 1 N–H and O–H groups in total. The molecule has 0 spiro atoms. The molecule has 0 aromatic carbocycles. The van der Waals surface area contributed by atoms with Crippen LogP contribution in [0.3, 0.4) is 0 Å². The summed E-state index contributed by atoms with van der Waals surface area (Å²) in [6.07, 6.45) is 1.69. The molecule has 2 amide bonds. The molecule has 2 rings (SSSR count). The molecule has 2 atom stereocenters. The van der Waals surface area contributed by atoms with Gasteiger partial charge in [0.1, 0.15) is 12.6 Å². The number of amides is 2. The van der Waals surface area contributed by atoms with Gasteiger partial charge in [-0.05, 0) is 26.7 Å². The molecule has 1 aliphatic carbocycles. The van der Waals surface area contributed by atoms with E-state index in [1.165, 1.54) is 21.6 Å². The maximum atomic E-state index is 12.7. The molecule has 0 aromatic heterocycles. The Balaban J connectivity index is 2.10. The number of urea groups is 1. The molecule has 118 valence electrons. The van der Waals surface area contributed by atoms with Gasteiger partial charge >= 0.3 is 18.0 Å². The number of hydrogen-bond acceptors (Lipinski definition) is 5. The first kappa shape index (κ1) is 15.9. The minimum Gasteiger partial charge on any atom is -0.480 e. The highest BCUT2D eigenvalue weighted by molar-refractivity contribution is 8.00. The van der Waals surface area contributed by atoms with E-state index in [4.69, 9.17) is 4.74 Å². The predicted molar refractivity (Wildman–Crippen MR) is 76.9 cm³/mol. The minimum atomic E-state index is -1.01. The third-order valence-corrected chi connectivity index (χ3v) is 4.78. The van der Waals surface area contributed by atoms with Crippen molar-refractivity contribution in [3.63, 3.8) is 0 Å². The zero-order chi connectivity index (χ0) is 15.6. The first-order chi connectivity index (χ1) is 9.95. The summed E-state index contributed by atoms with van der Waals surface area (Å²) < 4.78 is 4.89. The van der Waals surface area contributed by atoms with Crippen molar-refractivity contribution in [1.82, 2.24) is 9.80 Å². The Morgan fingerprint density at radius 2 is 2.05 bits per heavy atom. The molecule has 1 saturated heterocycles. The van der Waals surface area contributed by atoms with Crippen LogP contribution in [0.25, 0.3) is 0 Å². The summed E-state index contributed by atoms with van der Waals surface area (Å²) in [5.41, 5.74) is 0. The number of carbonyl (C=O) groups excluding carboxylic acids is 2. The fourth-order valence-electron chi connectivity index (χ4n) is 2.36. The molecule has 8 heteroatoms. The summed E-state index contributed by atoms with van der Waals surface area (Å²) in [5.74, 6) is -1.09. The van der Waals surface area contributed by atoms with Crippen LogP contribution in [0, 0.1) is 0 Å². The number of carboxylic acid groups (broad SMARTS) is 1. The fourth-order valence-corrected chi connectivity index (χ4v) is 3.52. The monoisotopic (exact) mass is 316 g/mol. The highest BCUT2D eigenvalue weighted by Gasteiger charge is 2.44. The molecular formula is C13H20N2O5S. The first-order valence-corrected chi connectivity index (χ1v) is 8.09. The van der Waals surface area contributed by atoms with Gasteiger partial charge in [-0.25, -0.2) is 9.59 Å². The van der Waals surface area contributed by atoms with Crippen molar-refractivity contribution in [1.29, 1.82) is 0 Å². The molecule has 2 aliphatic rings. The van der Waals surface area contributed by atoms with Gasteiger partial charge in [0.25, 0.3) is 0 Å². The molecule has 21 heavy (non-hydrogen) atoms. The van der Waals surface area contributed by atoms with Crippen LogP contribution in [0.1, 0.15) is 26.7 Å². The zero-order valence-electron chi connectivity index (χ0n) is 12.2. The van der Waals surface area contributed by atoms with E-state index in [1.807, 2.05) is 0 Å². The Bertz CT molecular complexity index is 440. The molecule has 1 saturated carbocycles. The highest BCUT2D eigenvalue weighted by atomic mass is 32.2. The molecule has 7 nitrogen and oxygen atoms in total. The normalized spacial score (nSPS) is 24.8. The van der Waals surface area contributed by atoms with Crippen molar-refractivity contribution in [2.75, 3.05) is 18.9 Å². The van der Waals surface area contributed by atoms with Gasteiger partial charge in [0, 0.05) is 11.8 Å². The van der Waals surface area contributed by atoms with Crippen LogP contribution in [0.4, 0.5) is 4.79 Å². The molecule has 2 unspecified atom stereocenters. The lowest BCUT2D eigenvalue weighted by Gasteiger charge is -2.31. The summed E-state index contributed by atoms with van der Waals surface area (Å²) in [6.45, 7) is 3.67. The third-order valence-electron chi connectivity index (χ3n) is 3.57. The van der Waals surface area contributed by atoms with Gasteiger partial charge in [-0.2, -0.15) is 0 Å². The van der Waals surface area contributed by atoms with Crippen molar-refractivity contribution in [3.05, 3.63) is 0 Å². The van der Waals surface area contributed by atoms with Crippen molar-refractivity contribution >= 4 is 29.7 Å². The van der Waals surface area contributed by atoms with Gasteiger partial charge in [-0.15, -0.1) is 11.8 Å². The van der Waals surface area contributed by atoms with Gasteiger partial charge < -0.3 is 14.7 Å². The number of nitrogens with zero attached hydrogens (tertiary/aromatic N) is 2. The number of thioether (sulfide) groups is 1. The maximum Gasteiger partial charge on any atom is 0.327 e. The number of esters is 1. The van der Waals surface area contributed by atoms with Crippen LogP contribution >= 0.6 is 11.8 Å². The average molecular weight is 316 g/mol. The molecule has 0 bridgehead atoms. The summed E-state index contributed by atoms with van der Waals surface area (Å²) >= 11 is 1.43. The summed E-state index contributed by atoms with van der Waals surface area (Å²) in [7, 11) is 0. The Morgan fingerprint density at radius 1 is 1.38 bits per heavy atom. The van der Waals surface area contributed by atoms with E-state index in [0.29, 0.717) is 5.75 Å². The first-order valence-electron chi connectivity index (χ1n) is 7.04. The second-order valence-electron chi connectivity index (χ2n) is 5.14. The zero-order valence-corrected chi connectivity index (χ0v) is 13.0. The predicted octanol–water partition coefficient (Wildman–Crippen LogP) is 0.982. The Kier molecular flexibility index (Phi) is 4.97. The lowest BCUT2D eigenvalue weighted by molar-refractivity contribution is -0.144. The van der Waals surface area contributed by atoms with Crippen LogP contribution < -0.4 is 0 Å². The molecule has 1 heterocycles. The largest absolute Gasteiger partial charge is 0.480 e. The van der Waals surface area contributed by atoms with E-state index in [9.17, 15) is 19.5 Å². The van der Waals surface area contributed by atoms with E-state index in [0.717, 1.165) is 12.8 Å². The van der Waals surface area contributed by atoms with Gasteiger partial charge in [0.05, 0.1) is 12.0 Å². The van der Waals surface area contributed by atoms with Crippen LogP contribution in [-0.2, 0) is 14.3 Å². The SMILES string of the molecule is CCOC(=O)CN(C(=O)N1C(C)SCC1C(=O)O)C1CC1. The van der Waals surface area contributed by atoms with Crippen LogP contribution in [0.15, 0.2) is 0 Å². The Morgan fingerprint density at radius 3 is 2.57 bits per heavy atom. The smallest absolute Gasteiger partial charge is 0.327 e. The van der Waals surface area contributed by atoms with Gasteiger partial charge in [0.2, 0.25) is 0 Å². The van der Waals surface area contributed by atoms with E-state index in [-0.39, 0.29) is 30.6 Å². The third kappa shape index (κ3) is 3.61. The highest BCUT2D eigenvalue weighted by Crippen LogP contribution is 2.33. The topological polar surface area (TPSA) is 87.2 Å². The van der Waals surface area contributed by atoms with Gasteiger partial charge in [-0.3, -0.25) is 9.69 Å². The van der Waals surface area contributed by atoms with Gasteiger partial charge in [0.15, 0.2) is 0 Å². The van der Waals surface area contributed by atoms with Crippen molar-refractivity contribution in [2.24, 2.45) is 0 Å². The molecule has 1 aliphatic heterocycles. The number of aliphatic carboxylic acids is 1. The van der Waals surface area contributed by atoms with Crippen LogP contribution in [0.5, 0.6) is 0 Å². The maximum absolute atomic E-state index is 12.7. The summed E-state index contributed by atoms with van der Waals surface area (Å²) in [4.78, 5) is 38.4. The standard InChI is InChI=1S/C13H20N2O5S/c1-3-20-11(16)6-14(9-4-5-9)13(19)15-8(2)21-7-10(15)12(17)18/h8-10H,3-7H2,1-2H3,(H,17,18). The lowest BCUT2D eigenvalue weighted by atomic mass is 10.3. The Hall–Kier alpha value is -1.44. The number of rotatable bonds is 5. The minimum absolute atomic E-state index is 0.0224. The molecular weight excluding hydrogens is 296 g/mol. The number of carbonyl (C=O) groups is 3. The average Bonchev–Trinajstić information content (AvgIpc) is 3.18. The van der Waals surface area contributed by atoms with Crippen molar-refractivity contribution < 1.29 is 24.2 Å². The number of carboxylic acids is 1. The Labute approximate surface area is 127 Å². The molecule has 0 radical (unpaired) electrons. The summed E-state index contributed by atoms with van der Waals surface area (Å²) in [6, 6.07) is -1.19. The number of hydrogen-bond donors (Lipinski definition) is 1. The second kappa shape index (κ2) is 6.55. The summed E-state index contributed by atoms with van der Waals surface area (Å²) in [5, 5.41) is 9.03. The van der Waals surface area contributed by atoms with E-state index in [2.05, 4.69) is 0 Å². The van der Waals surface area contributed by atoms with E-state index < -0.39 is 18.0 Å². The molecule has 2 fully saturated rings. The van der Waals surface area contributed by atoms with Crippen LogP contribution in [0.2, 0.25) is 0 Å². The van der Waals surface area contributed by atoms with E-state index in [1.54, 1.807) is 13.8 Å². The van der Waals surface area contributed by atoms with Crippen LogP contribution in [-0.4, -0.2) is 69.2 Å². The fraction of sp³-hybridized carbons (Fsp3) is 0.769. The quantitative estimate of drug-likeness (QED) is 0.761. The van der Waals surface area contributed by atoms with E-state index >= 15 is 0 Å². The number of ether oxygens (including phenoxy) is 1. The van der Waals surface area contributed by atoms with Crippen molar-refractivity contribution in [3.8, 4) is 0 Å². The second-order valence-corrected chi connectivity index (χ2v) is 6.49.